The van der Waals surface area contributed by atoms with E-state index in [1.807, 2.05) is 37.3 Å². The Labute approximate surface area is 150 Å². The van der Waals surface area contributed by atoms with E-state index in [0.29, 0.717) is 37.0 Å². The van der Waals surface area contributed by atoms with Crippen molar-refractivity contribution in [1.82, 2.24) is 9.13 Å². The van der Waals surface area contributed by atoms with Gasteiger partial charge in [0.2, 0.25) is 0 Å². The molecular formula is C18H20N4O4. The molecule has 2 aromatic rings. The Morgan fingerprint density at radius 1 is 1.23 bits per heavy atom. The number of likely N-dealkylation sites (N-methyl/N-ethyl adjacent to an activating group) is 1. The Balaban J connectivity index is 1.95. The van der Waals surface area contributed by atoms with Crippen LogP contribution in [0.5, 0.6) is 11.5 Å². The lowest BCUT2D eigenvalue weighted by Crippen LogP contribution is -2.46. The van der Waals surface area contributed by atoms with E-state index in [2.05, 4.69) is 0 Å². The van der Waals surface area contributed by atoms with Gasteiger partial charge in [0.1, 0.15) is 18.5 Å². The maximum atomic E-state index is 12.3. The van der Waals surface area contributed by atoms with Crippen molar-refractivity contribution >= 4 is 5.82 Å². The molecule has 0 fully saturated rings. The molecule has 0 spiro atoms. The average molecular weight is 356 g/mol. The van der Waals surface area contributed by atoms with E-state index in [9.17, 15) is 14.9 Å². The first-order chi connectivity index (χ1) is 12.5. The van der Waals surface area contributed by atoms with E-state index >= 15 is 0 Å². The van der Waals surface area contributed by atoms with Gasteiger partial charge in [0.15, 0.2) is 23.2 Å². The zero-order valence-electron chi connectivity index (χ0n) is 14.9. The Morgan fingerprint density at radius 3 is 2.58 bits per heavy atom. The number of nitrogens with zero attached hydrogens (tertiary/aromatic N) is 4. The van der Waals surface area contributed by atoms with Crippen molar-refractivity contribution in [2.45, 2.75) is 13.0 Å². The van der Waals surface area contributed by atoms with E-state index in [1.165, 1.54) is 11.6 Å². The Morgan fingerprint density at radius 2 is 1.92 bits per heavy atom. The predicted octanol–water partition coefficient (Wildman–Crippen LogP) is 0.622. The lowest BCUT2D eigenvalue weighted by Gasteiger charge is -2.32. The number of para-hydroxylation sites is 2. The number of nitriles is 1. The first-order valence-electron chi connectivity index (χ1n) is 8.31. The second-order valence-electron chi connectivity index (χ2n) is 6.05. The molecular weight excluding hydrogens is 336 g/mol. The molecule has 1 aromatic heterocycles. The van der Waals surface area contributed by atoms with E-state index in [0.717, 1.165) is 4.57 Å². The molecule has 2 heterocycles. The van der Waals surface area contributed by atoms with Gasteiger partial charge < -0.3 is 14.4 Å². The molecule has 0 unspecified atom stereocenters. The molecule has 0 N–H and O–H groups in total. The summed E-state index contributed by atoms with van der Waals surface area (Å²) >= 11 is 0. The Bertz CT molecular complexity index is 986. The van der Waals surface area contributed by atoms with Crippen LogP contribution < -0.4 is 25.6 Å². The molecule has 8 heteroatoms. The van der Waals surface area contributed by atoms with Crippen molar-refractivity contribution in [2.75, 3.05) is 24.6 Å². The summed E-state index contributed by atoms with van der Waals surface area (Å²) in [7, 11) is 2.91. The molecule has 1 aliphatic heterocycles. The second-order valence-corrected chi connectivity index (χ2v) is 6.05. The summed E-state index contributed by atoms with van der Waals surface area (Å²) in [5.74, 6) is 1.63. The lowest BCUT2D eigenvalue weighted by molar-refractivity contribution is 0.0951. The van der Waals surface area contributed by atoms with Crippen LogP contribution in [-0.4, -0.2) is 34.9 Å². The van der Waals surface area contributed by atoms with Crippen LogP contribution in [0, 0.1) is 11.3 Å². The SMILES string of the molecule is CCN(C[C@@H]1COc2ccccc2O1)c1c(C#N)c(=O)n(C)c(=O)n1C. The monoisotopic (exact) mass is 356 g/mol. The van der Waals surface area contributed by atoms with Crippen LogP contribution in [0.3, 0.4) is 0 Å². The fraction of sp³-hybridized carbons (Fsp3) is 0.389. The maximum Gasteiger partial charge on any atom is 0.332 e. The van der Waals surface area contributed by atoms with Crippen LogP contribution in [-0.2, 0) is 14.1 Å². The van der Waals surface area contributed by atoms with Crippen molar-refractivity contribution in [3.8, 4) is 17.6 Å². The molecule has 8 nitrogen and oxygen atoms in total. The minimum absolute atomic E-state index is 0.0615. The first kappa shape index (κ1) is 17.6. The lowest BCUT2D eigenvalue weighted by atomic mass is 10.2. The van der Waals surface area contributed by atoms with E-state index in [-0.39, 0.29) is 11.7 Å². The molecule has 26 heavy (non-hydrogen) atoms. The number of hydrogen-bond donors (Lipinski definition) is 0. The summed E-state index contributed by atoms with van der Waals surface area (Å²) in [6, 6.07) is 9.33. The second kappa shape index (κ2) is 6.96. The van der Waals surface area contributed by atoms with Crippen LogP contribution in [0.2, 0.25) is 0 Å². The molecule has 0 saturated heterocycles. The third-order valence-corrected chi connectivity index (χ3v) is 4.42. The smallest absolute Gasteiger partial charge is 0.332 e. The van der Waals surface area contributed by atoms with Gasteiger partial charge in [-0.3, -0.25) is 13.9 Å². The van der Waals surface area contributed by atoms with Gasteiger partial charge in [-0.15, -0.1) is 0 Å². The average Bonchev–Trinajstić information content (AvgIpc) is 2.67. The van der Waals surface area contributed by atoms with E-state index < -0.39 is 11.2 Å². The van der Waals surface area contributed by atoms with Crippen molar-refractivity contribution in [3.63, 3.8) is 0 Å². The van der Waals surface area contributed by atoms with E-state index in [1.54, 1.807) is 11.9 Å². The minimum atomic E-state index is -0.602. The number of aromatic nitrogens is 2. The quantitative estimate of drug-likeness (QED) is 0.798. The summed E-state index contributed by atoms with van der Waals surface area (Å²) < 4.78 is 13.9. The molecule has 0 radical (unpaired) electrons. The third kappa shape index (κ3) is 2.92. The van der Waals surface area contributed by atoms with Gasteiger partial charge in [-0.2, -0.15) is 5.26 Å². The number of rotatable bonds is 4. The zero-order valence-corrected chi connectivity index (χ0v) is 14.9. The normalized spacial score (nSPS) is 15.4. The van der Waals surface area contributed by atoms with Crippen LogP contribution in [0.15, 0.2) is 33.9 Å². The highest BCUT2D eigenvalue weighted by molar-refractivity contribution is 5.53. The summed E-state index contributed by atoms with van der Waals surface area (Å²) in [4.78, 5) is 26.4. The summed E-state index contributed by atoms with van der Waals surface area (Å²) in [6.07, 6.45) is -0.296. The first-order valence-corrected chi connectivity index (χ1v) is 8.31. The van der Waals surface area contributed by atoms with Gasteiger partial charge in [0.05, 0.1) is 6.54 Å². The van der Waals surface area contributed by atoms with Crippen molar-refractivity contribution in [2.24, 2.45) is 14.1 Å². The summed E-state index contributed by atoms with van der Waals surface area (Å²) in [6.45, 7) is 3.10. The molecule has 3 rings (SSSR count). The van der Waals surface area contributed by atoms with Gasteiger partial charge in [-0.05, 0) is 19.1 Å². The van der Waals surface area contributed by atoms with Gasteiger partial charge >= 0.3 is 5.69 Å². The number of ether oxygens (including phenoxy) is 2. The van der Waals surface area contributed by atoms with Gasteiger partial charge in [-0.1, -0.05) is 12.1 Å². The van der Waals surface area contributed by atoms with Crippen LogP contribution >= 0.6 is 0 Å². The molecule has 1 atom stereocenters. The van der Waals surface area contributed by atoms with Crippen LogP contribution in [0.1, 0.15) is 12.5 Å². The number of benzene rings is 1. The summed E-state index contributed by atoms with van der Waals surface area (Å²) in [5.41, 5.74) is -1.14. The summed E-state index contributed by atoms with van der Waals surface area (Å²) in [5, 5.41) is 9.46. The highest BCUT2D eigenvalue weighted by Gasteiger charge is 2.26. The zero-order chi connectivity index (χ0) is 18.8. The topological polar surface area (TPSA) is 89.5 Å². The number of fused-ring (bicyclic) bond motifs is 1. The highest BCUT2D eigenvalue weighted by Crippen LogP contribution is 2.31. The van der Waals surface area contributed by atoms with Crippen LogP contribution in [0.4, 0.5) is 5.82 Å². The van der Waals surface area contributed by atoms with Crippen molar-refractivity contribution in [1.29, 1.82) is 5.26 Å². The molecule has 136 valence electrons. The fourth-order valence-electron chi connectivity index (χ4n) is 3.07. The molecule has 1 aliphatic rings. The van der Waals surface area contributed by atoms with E-state index in [4.69, 9.17) is 9.47 Å². The highest BCUT2D eigenvalue weighted by atomic mass is 16.6. The Hall–Kier alpha value is -3.21. The Kier molecular flexibility index (Phi) is 4.71. The number of anilines is 1. The van der Waals surface area contributed by atoms with Gasteiger partial charge in [0, 0.05) is 20.6 Å². The fourth-order valence-corrected chi connectivity index (χ4v) is 3.07. The molecule has 0 amide bonds. The molecule has 0 saturated carbocycles. The maximum absolute atomic E-state index is 12.3. The van der Waals surface area contributed by atoms with Gasteiger partial charge in [0.25, 0.3) is 5.56 Å². The standard InChI is InChI=1S/C18H20N4O4/c1-4-22(10-12-11-25-14-7-5-6-8-15(14)26-12)16-13(9-19)17(23)21(3)18(24)20(16)2/h5-8,12H,4,10-11H2,1-3H3/t12-/m1/s1. The molecule has 0 bridgehead atoms. The largest absolute Gasteiger partial charge is 0.486 e. The van der Waals surface area contributed by atoms with Crippen LogP contribution in [0.25, 0.3) is 0 Å². The predicted molar refractivity (Wildman–Crippen MR) is 95.9 cm³/mol. The van der Waals surface area contributed by atoms with Crippen molar-refractivity contribution < 1.29 is 9.47 Å². The molecule has 0 aliphatic carbocycles. The molecule has 1 aromatic carbocycles. The number of hydrogen-bond acceptors (Lipinski definition) is 6. The van der Waals surface area contributed by atoms with Gasteiger partial charge in [-0.25, -0.2) is 4.79 Å². The minimum Gasteiger partial charge on any atom is -0.486 e. The van der Waals surface area contributed by atoms with Crippen molar-refractivity contribution in [3.05, 3.63) is 50.7 Å². The third-order valence-electron chi connectivity index (χ3n) is 4.42.